The van der Waals surface area contributed by atoms with Crippen LogP contribution in [0, 0.1) is 6.92 Å². The number of ether oxygens (including phenoxy) is 1. The first-order valence-electron chi connectivity index (χ1n) is 15.5. The minimum atomic E-state index is -0.230. The Morgan fingerprint density at radius 3 is 2.33 bits per heavy atom. The van der Waals surface area contributed by atoms with Crippen molar-refractivity contribution >= 4 is 23.3 Å². The second kappa shape index (κ2) is 14.9. The van der Waals surface area contributed by atoms with Crippen molar-refractivity contribution in [3.63, 3.8) is 0 Å². The predicted octanol–water partition coefficient (Wildman–Crippen LogP) is 6.96. The maximum Gasteiger partial charge on any atom is 0.319 e. The molecular formula is C35H41N5O5. The molecule has 0 atom stereocenters. The van der Waals surface area contributed by atoms with E-state index in [1.807, 2.05) is 45.0 Å². The summed E-state index contributed by atoms with van der Waals surface area (Å²) in [6.45, 7) is 8.37. The minimum absolute atomic E-state index is 0.149. The maximum absolute atomic E-state index is 13.0. The van der Waals surface area contributed by atoms with Gasteiger partial charge < -0.3 is 30.2 Å². The Bertz CT molecular complexity index is 1570. The van der Waals surface area contributed by atoms with Gasteiger partial charge in [-0.3, -0.25) is 9.69 Å². The number of nitrogens with zero attached hydrogens (tertiary/aromatic N) is 2. The Morgan fingerprint density at radius 2 is 1.67 bits per heavy atom. The molecule has 236 valence electrons. The van der Waals surface area contributed by atoms with Crippen LogP contribution in [0.3, 0.4) is 0 Å². The molecule has 2 heterocycles. The van der Waals surface area contributed by atoms with E-state index in [2.05, 4.69) is 25.8 Å². The number of aliphatic hydroxyl groups excluding tert-OH is 1. The van der Waals surface area contributed by atoms with Gasteiger partial charge in [0.05, 0.1) is 11.8 Å². The predicted molar refractivity (Wildman–Crippen MR) is 175 cm³/mol. The molecule has 4 N–H and O–H groups in total. The number of hydrogen-bond donors (Lipinski definition) is 4. The van der Waals surface area contributed by atoms with Gasteiger partial charge in [0.1, 0.15) is 17.8 Å². The van der Waals surface area contributed by atoms with Crippen LogP contribution in [0.4, 0.5) is 16.2 Å². The average molecular weight is 612 g/mol. The quantitative estimate of drug-likeness (QED) is 0.144. The number of aromatic nitrogens is 1. The second-order valence-electron chi connectivity index (χ2n) is 11.4. The number of aliphatic hydroxyl groups is 1. The van der Waals surface area contributed by atoms with Crippen molar-refractivity contribution in [2.24, 2.45) is 0 Å². The zero-order valence-electron chi connectivity index (χ0n) is 26.0. The van der Waals surface area contributed by atoms with Gasteiger partial charge in [0.2, 0.25) is 5.89 Å². The van der Waals surface area contributed by atoms with Crippen LogP contribution in [0.5, 0.6) is 11.5 Å². The van der Waals surface area contributed by atoms with Gasteiger partial charge in [0, 0.05) is 48.2 Å². The second-order valence-corrected chi connectivity index (χ2v) is 11.4. The first kappa shape index (κ1) is 31.7. The summed E-state index contributed by atoms with van der Waals surface area (Å²) in [4.78, 5) is 32.0. The van der Waals surface area contributed by atoms with Crippen LogP contribution in [0.1, 0.15) is 61.1 Å². The van der Waals surface area contributed by atoms with Gasteiger partial charge in [0.25, 0.3) is 5.91 Å². The Balaban J connectivity index is 1.13. The standard InChI is InChI=1S/C35H41N5O5/c1-4-26(5-2)38-35(43)39-27-10-13-31(14-11-27)45-32-15-12-28(20-23(32)3)36-33(42)24-6-8-25(9-7-24)34-37-29(22-44-34)21-40-18-16-30(41)17-19-40/h6-15,20,22,26,30,41H,4-5,16-19,21H2,1-3H3,(H,36,42)(H2,38,39,43). The third-order valence-electron chi connectivity index (χ3n) is 7.98. The monoisotopic (exact) mass is 611 g/mol. The number of piperidine rings is 1. The number of benzene rings is 3. The van der Waals surface area contributed by atoms with Crippen LogP contribution in [0.15, 0.2) is 77.4 Å². The Hall–Kier alpha value is -4.67. The Kier molecular flexibility index (Phi) is 10.5. The van der Waals surface area contributed by atoms with Crippen molar-refractivity contribution < 1.29 is 23.8 Å². The molecule has 0 radical (unpaired) electrons. The molecule has 1 aliphatic rings. The van der Waals surface area contributed by atoms with E-state index >= 15 is 0 Å². The first-order chi connectivity index (χ1) is 21.8. The summed E-state index contributed by atoms with van der Waals surface area (Å²) in [6, 6.07) is 19.7. The maximum atomic E-state index is 13.0. The lowest BCUT2D eigenvalue weighted by Gasteiger charge is -2.28. The fraction of sp³-hybridized carbons (Fsp3) is 0.343. The molecule has 0 unspecified atom stereocenters. The van der Waals surface area contributed by atoms with Gasteiger partial charge in [-0.05, 0) is 105 Å². The van der Waals surface area contributed by atoms with Crippen LogP contribution in [-0.4, -0.2) is 52.2 Å². The highest BCUT2D eigenvalue weighted by molar-refractivity contribution is 6.04. The van der Waals surface area contributed by atoms with Crippen molar-refractivity contribution in [2.45, 2.75) is 65.1 Å². The van der Waals surface area contributed by atoms with E-state index in [-0.39, 0.29) is 24.1 Å². The number of likely N-dealkylation sites (tertiary alicyclic amines) is 1. The molecule has 0 aliphatic carbocycles. The SMILES string of the molecule is CCC(CC)NC(=O)Nc1ccc(Oc2ccc(NC(=O)c3ccc(-c4nc(CN5CCC(O)CC5)co4)cc3)cc2C)cc1. The summed E-state index contributed by atoms with van der Waals surface area (Å²) < 4.78 is 11.7. The fourth-order valence-corrected chi connectivity index (χ4v) is 5.21. The molecule has 0 spiro atoms. The number of anilines is 2. The topological polar surface area (TPSA) is 129 Å². The minimum Gasteiger partial charge on any atom is -0.457 e. The Morgan fingerprint density at radius 1 is 0.978 bits per heavy atom. The lowest BCUT2D eigenvalue weighted by Crippen LogP contribution is -2.37. The van der Waals surface area contributed by atoms with Crippen molar-refractivity contribution in [3.8, 4) is 23.0 Å². The van der Waals surface area contributed by atoms with Crippen LogP contribution < -0.4 is 20.7 Å². The van der Waals surface area contributed by atoms with E-state index in [0.29, 0.717) is 40.9 Å². The summed E-state index contributed by atoms with van der Waals surface area (Å²) in [5, 5.41) is 18.5. The van der Waals surface area contributed by atoms with Gasteiger partial charge in [0.15, 0.2) is 0 Å². The van der Waals surface area contributed by atoms with E-state index < -0.39 is 0 Å². The molecular weight excluding hydrogens is 570 g/mol. The summed E-state index contributed by atoms with van der Waals surface area (Å²) in [7, 11) is 0. The van der Waals surface area contributed by atoms with E-state index in [1.54, 1.807) is 48.7 Å². The van der Waals surface area contributed by atoms with Crippen LogP contribution in [-0.2, 0) is 6.54 Å². The van der Waals surface area contributed by atoms with Gasteiger partial charge >= 0.3 is 6.03 Å². The van der Waals surface area contributed by atoms with E-state index in [0.717, 1.165) is 55.6 Å². The number of aryl methyl sites for hydroxylation is 1. The number of carbonyl (C=O) groups is 2. The zero-order valence-corrected chi connectivity index (χ0v) is 26.0. The highest BCUT2D eigenvalue weighted by Crippen LogP contribution is 2.29. The molecule has 1 aliphatic heterocycles. The summed E-state index contributed by atoms with van der Waals surface area (Å²) in [6.07, 6.45) is 4.78. The molecule has 5 rings (SSSR count). The molecule has 4 aromatic rings. The molecule has 10 heteroatoms. The molecule has 1 fully saturated rings. The number of nitrogens with one attached hydrogen (secondary N) is 3. The molecule has 0 saturated carbocycles. The highest BCUT2D eigenvalue weighted by Gasteiger charge is 2.19. The summed E-state index contributed by atoms with van der Waals surface area (Å²) >= 11 is 0. The smallest absolute Gasteiger partial charge is 0.319 e. The number of carbonyl (C=O) groups excluding carboxylic acids is 2. The number of rotatable bonds is 11. The number of hydrogen-bond acceptors (Lipinski definition) is 7. The number of amides is 3. The summed E-state index contributed by atoms with van der Waals surface area (Å²) in [5.74, 6) is 1.57. The Labute approximate surface area is 263 Å². The molecule has 10 nitrogen and oxygen atoms in total. The van der Waals surface area contributed by atoms with Crippen molar-refractivity contribution in [1.29, 1.82) is 0 Å². The largest absolute Gasteiger partial charge is 0.457 e. The van der Waals surface area contributed by atoms with E-state index in [1.165, 1.54) is 0 Å². The molecule has 0 bridgehead atoms. The van der Waals surface area contributed by atoms with Gasteiger partial charge in [-0.25, -0.2) is 9.78 Å². The fourth-order valence-electron chi connectivity index (χ4n) is 5.21. The van der Waals surface area contributed by atoms with Crippen molar-refractivity contribution in [1.82, 2.24) is 15.2 Å². The normalized spacial score (nSPS) is 13.9. The van der Waals surface area contributed by atoms with Gasteiger partial charge in [-0.1, -0.05) is 13.8 Å². The number of urea groups is 1. The van der Waals surface area contributed by atoms with E-state index in [9.17, 15) is 14.7 Å². The van der Waals surface area contributed by atoms with Gasteiger partial charge in [-0.15, -0.1) is 0 Å². The molecule has 1 saturated heterocycles. The third-order valence-corrected chi connectivity index (χ3v) is 7.98. The van der Waals surface area contributed by atoms with Crippen molar-refractivity contribution in [2.75, 3.05) is 23.7 Å². The van der Waals surface area contributed by atoms with Crippen LogP contribution in [0.25, 0.3) is 11.5 Å². The molecule has 45 heavy (non-hydrogen) atoms. The first-order valence-corrected chi connectivity index (χ1v) is 15.5. The third kappa shape index (κ3) is 8.71. The van der Waals surface area contributed by atoms with Crippen LogP contribution in [0.2, 0.25) is 0 Å². The lowest BCUT2D eigenvalue weighted by atomic mass is 10.1. The lowest BCUT2D eigenvalue weighted by molar-refractivity contribution is 0.0786. The summed E-state index contributed by atoms with van der Waals surface area (Å²) in [5.41, 5.74) is 4.33. The van der Waals surface area contributed by atoms with Crippen LogP contribution >= 0.6 is 0 Å². The highest BCUT2D eigenvalue weighted by atomic mass is 16.5. The number of oxazole rings is 1. The van der Waals surface area contributed by atoms with E-state index in [4.69, 9.17) is 9.15 Å². The van der Waals surface area contributed by atoms with Crippen molar-refractivity contribution in [3.05, 3.63) is 89.8 Å². The molecule has 1 aromatic heterocycles. The molecule has 3 amide bonds. The zero-order chi connectivity index (χ0) is 31.8. The van der Waals surface area contributed by atoms with Gasteiger partial charge in [-0.2, -0.15) is 0 Å². The molecule has 3 aromatic carbocycles. The average Bonchev–Trinajstić information content (AvgIpc) is 3.51.